The molecule has 5 heteroatoms. The van der Waals surface area contributed by atoms with Gasteiger partial charge in [0.05, 0.1) is 0 Å². The summed E-state index contributed by atoms with van der Waals surface area (Å²) < 4.78 is 0. The molecule has 0 atom stereocenters. The Labute approximate surface area is 123 Å². The minimum absolute atomic E-state index is 0.765. The van der Waals surface area contributed by atoms with Crippen molar-refractivity contribution in [1.29, 1.82) is 0 Å². The molecule has 0 bridgehead atoms. The van der Waals surface area contributed by atoms with E-state index in [1.54, 1.807) is 11.8 Å². The van der Waals surface area contributed by atoms with E-state index in [4.69, 9.17) is 0 Å². The monoisotopic (exact) mass is 286 g/mol. The van der Waals surface area contributed by atoms with Crippen molar-refractivity contribution in [2.75, 3.05) is 18.0 Å². The summed E-state index contributed by atoms with van der Waals surface area (Å²) in [7, 11) is 0. The van der Waals surface area contributed by atoms with E-state index in [1.807, 2.05) is 13.0 Å². The fraction of sp³-hybridized carbons (Fsp3) is 0.400. The summed E-state index contributed by atoms with van der Waals surface area (Å²) >= 11 is 1.64. The van der Waals surface area contributed by atoms with Crippen LogP contribution in [0.4, 0.5) is 5.82 Å². The van der Waals surface area contributed by atoms with Crippen LogP contribution in [0.1, 0.15) is 24.1 Å². The molecule has 0 amide bonds. The lowest BCUT2D eigenvalue weighted by Gasteiger charge is -2.17. The Balaban J connectivity index is 1.72. The van der Waals surface area contributed by atoms with Gasteiger partial charge in [-0.1, -0.05) is 42.1 Å². The van der Waals surface area contributed by atoms with E-state index in [9.17, 15) is 0 Å². The van der Waals surface area contributed by atoms with Crippen LogP contribution in [0.3, 0.4) is 0 Å². The number of anilines is 1. The highest BCUT2D eigenvalue weighted by molar-refractivity contribution is 7.98. The summed E-state index contributed by atoms with van der Waals surface area (Å²) in [4.78, 5) is 7.00. The minimum Gasteiger partial charge on any atom is -0.355 e. The molecule has 1 aromatic heterocycles. The molecule has 0 unspecified atom stereocenters. The van der Waals surface area contributed by atoms with Crippen molar-refractivity contribution in [1.82, 2.24) is 15.2 Å². The van der Waals surface area contributed by atoms with Crippen molar-refractivity contribution >= 4 is 17.6 Å². The molecule has 0 saturated carbocycles. The van der Waals surface area contributed by atoms with E-state index >= 15 is 0 Å². The number of benzene rings is 1. The molecular formula is C15H18N4S. The Morgan fingerprint density at radius 1 is 1.10 bits per heavy atom. The van der Waals surface area contributed by atoms with Crippen LogP contribution in [0, 0.1) is 6.92 Å². The van der Waals surface area contributed by atoms with Crippen molar-refractivity contribution in [3.63, 3.8) is 0 Å². The van der Waals surface area contributed by atoms with Crippen LogP contribution in [-0.4, -0.2) is 28.3 Å². The Morgan fingerprint density at radius 3 is 2.60 bits per heavy atom. The summed E-state index contributed by atoms with van der Waals surface area (Å²) in [6.45, 7) is 4.16. The van der Waals surface area contributed by atoms with E-state index in [2.05, 4.69) is 44.3 Å². The van der Waals surface area contributed by atoms with Gasteiger partial charge in [-0.05, 0) is 25.3 Å². The number of aromatic nitrogens is 3. The fourth-order valence-corrected chi connectivity index (χ4v) is 3.11. The molecule has 20 heavy (non-hydrogen) atoms. The zero-order valence-electron chi connectivity index (χ0n) is 11.6. The quantitative estimate of drug-likeness (QED) is 0.808. The Bertz CT molecular complexity index is 567. The van der Waals surface area contributed by atoms with Gasteiger partial charge in [0.2, 0.25) is 5.16 Å². The largest absolute Gasteiger partial charge is 0.355 e. The number of thioether (sulfide) groups is 1. The zero-order valence-corrected chi connectivity index (χ0v) is 12.4. The third-order valence-electron chi connectivity index (χ3n) is 3.43. The fourth-order valence-electron chi connectivity index (χ4n) is 2.37. The Morgan fingerprint density at radius 2 is 1.85 bits per heavy atom. The lowest BCUT2D eigenvalue weighted by Crippen LogP contribution is -2.21. The predicted octanol–water partition coefficient (Wildman–Crippen LogP) is 3.07. The molecule has 1 saturated heterocycles. The smallest absolute Gasteiger partial charge is 0.211 e. The first-order valence-corrected chi connectivity index (χ1v) is 7.94. The van der Waals surface area contributed by atoms with E-state index in [0.29, 0.717) is 0 Å². The molecule has 1 aliphatic rings. The second kappa shape index (κ2) is 6.22. The standard InChI is InChI=1S/C15H18N4S/c1-12-14(19-9-5-6-10-19)16-15(18-17-12)20-11-13-7-3-2-4-8-13/h2-4,7-8H,5-6,9-11H2,1H3. The van der Waals surface area contributed by atoms with Crippen LogP contribution < -0.4 is 4.90 Å². The van der Waals surface area contributed by atoms with Gasteiger partial charge in [-0.15, -0.1) is 10.2 Å². The van der Waals surface area contributed by atoms with Gasteiger partial charge in [0.1, 0.15) is 5.69 Å². The van der Waals surface area contributed by atoms with Gasteiger partial charge >= 0.3 is 0 Å². The second-order valence-corrected chi connectivity index (χ2v) is 5.91. The van der Waals surface area contributed by atoms with Crippen LogP contribution in [0.15, 0.2) is 35.5 Å². The summed E-state index contributed by atoms with van der Waals surface area (Å²) in [6.07, 6.45) is 2.49. The molecular weight excluding hydrogens is 268 g/mol. The molecule has 2 heterocycles. The van der Waals surface area contributed by atoms with Crippen LogP contribution in [-0.2, 0) is 5.75 Å². The molecule has 0 spiro atoms. The average molecular weight is 286 g/mol. The van der Waals surface area contributed by atoms with Crippen molar-refractivity contribution < 1.29 is 0 Å². The number of hydrogen-bond donors (Lipinski definition) is 0. The predicted molar refractivity (Wildman–Crippen MR) is 82.0 cm³/mol. The lowest BCUT2D eigenvalue weighted by atomic mass is 10.2. The first kappa shape index (κ1) is 13.4. The highest BCUT2D eigenvalue weighted by Crippen LogP contribution is 2.24. The lowest BCUT2D eigenvalue weighted by molar-refractivity contribution is 0.781. The minimum atomic E-state index is 0.765. The van der Waals surface area contributed by atoms with Gasteiger partial charge in [0.15, 0.2) is 5.82 Å². The summed E-state index contributed by atoms with van der Waals surface area (Å²) in [5.74, 6) is 1.89. The summed E-state index contributed by atoms with van der Waals surface area (Å²) in [5, 5.41) is 9.23. The topological polar surface area (TPSA) is 41.9 Å². The number of nitrogens with zero attached hydrogens (tertiary/aromatic N) is 4. The zero-order chi connectivity index (χ0) is 13.8. The SMILES string of the molecule is Cc1nnc(SCc2ccccc2)nc1N1CCCC1. The average Bonchev–Trinajstić information content (AvgIpc) is 3.01. The van der Waals surface area contributed by atoms with E-state index in [0.717, 1.165) is 35.5 Å². The normalized spacial score (nSPS) is 14.8. The molecule has 2 aromatic rings. The van der Waals surface area contributed by atoms with E-state index < -0.39 is 0 Å². The van der Waals surface area contributed by atoms with Gasteiger partial charge in [-0.25, -0.2) is 4.98 Å². The van der Waals surface area contributed by atoms with Gasteiger partial charge in [0.25, 0.3) is 0 Å². The highest BCUT2D eigenvalue weighted by atomic mass is 32.2. The van der Waals surface area contributed by atoms with Crippen molar-refractivity contribution in [3.8, 4) is 0 Å². The molecule has 0 radical (unpaired) electrons. The molecule has 1 fully saturated rings. The molecule has 1 aromatic carbocycles. The maximum atomic E-state index is 4.68. The summed E-state index contributed by atoms with van der Waals surface area (Å²) in [6, 6.07) is 10.4. The molecule has 0 aliphatic carbocycles. The van der Waals surface area contributed by atoms with Gasteiger partial charge in [-0.2, -0.15) is 0 Å². The maximum absolute atomic E-state index is 4.68. The maximum Gasteiger partial charge on any atom is 0.211 e. The second-order valence-electron chi connectivity index (χ2n) is 4.97. The van der Waals surface area contributed by atoms with Crippen molar-refractivity contribution in [3.05, 3.63) is 41.6 Å². The van der Waals surface area contributed by atoms with Crippen molar-refractivity contribution in [2.24, 2.45) is 0 Å². The molecule has 0 N–H and O–H groups in total. The first-order chi connectivity index (χ1) is 9.83. The van der Waals surface area contributed by atoms with Crippen LogP contribution >= 0.6 is 11.8 Å². The first-order valence-electron chi connectivity index (χ1n) is 6.96. The Hall–Kier alpha value is -1.62. The third-order valence-corrected chi connectivity index (χ3v) is 4.34. The summed E-state index contributed by atoms with van der Waals surface area (Å²) in [5.41, 5.74) is 2.21. The van der Waals surface area contributed by atoms with Gasteiger partial charge < -0.3 is 4.90 Å². The Kier molecular flexibility index (Phi) is 4.16. The van der Waals surface area contributed by atoms with Crippen LogP contribution in [0.5, 0.6) is 0 Å². The molecule has 4 nitrogen and oxygen atoms in total. The third kappa shape index (κ3) is 3.10. The highest BCUT2D eigenvalue weighted by Gasteiger charge is 2.17. The van der Waals surface area contributed by atoms with Gasteiger partial charge in [0, 0.05) is 18.8 Å². The van der Waals surface area contributed by atoms with Crippen LogP contribution in [0.2, 0.25) is 0 Å². The van der Waals surface area contributed by atoms with Crippen molar-refractivity contribution in [2.45, 2.75) is 30.7 Å². The number of aryl methyl sites for hydroxylation is 1. The number of hydrogen-bond acceptors (Lipinski definition) is 5. The van der Waals surface area contributed by atoms with E-state index in [-0.39, 0.29) is 0 Å². The van der Waals surface area contributed by atoms with E-state index in [1.165, 1.54) is 18.4 Å². The molecule has 104 valence electrons. The number of rotatable bonds is 4. The molecule has 3 rings (SSSR count). The molecule has 1 aliphatic heterocycles. The van der Waals surface area contributed by atoms with Crippen LogP contribution in [0.25, 0.3) is 0 Å². The van der Waals surface area contributed by atoms with Gasteiger partial charge in [-0.3, -0.25) is 0 Å².